The van der Waals surface area contributed by atoms with Crippen molar-refractivity contribution in [1.29, 1.82) is 0 Å². The fourth-order valence-corrected chi connectivity index (χ4v) is 3.27. The minimum Gasteiger partial charge on any atom is -0.485 e. The van der Waals surface area contributed by atoms with E-state index in [0.29, 0.717) is 11.5 Å². The number of hydrogen-bond donors (Lipinski definition) is 1. The Labute approximate surface area is 195 Å². The van der Waals surface area contributed by atoms with Gasteiger partial charge in [-0.05, 0) is 55.3 Å². The van der Waals surface area contributed by atoms with Gasteiger partial charge >= 0.3 is 0 Å². The fraction of sp³-hybridized carbons (Fsp3) is 0.115. The molecule has 0 saturated heterocycles. The first kappa shape index (κ1) is 22.6. The molecule has 1 aromatic heterocycles. The zero-order valence-electron chi connectivity index (χ0n) is 18.6. The van der Waals surface area contributed by atoms with Crippen LogP contribution in [-0.2, 0) is 6.61 Å². The van der Waals surface area contributed by atoms with Crippen LogP contribution in [0.25, 0.3) is 0 Å². The molecule has 1 N–H and O–H groups in total. The number of anilines is 1. The Kier molecular flexibility index (Phi) is 6.59. The molecule has 1 heterocycles. The number of nitro groups is 1. The maximum absolute atomic E-state index is 12.7. The summed E-state index contributed by atoms with van der Waals surface area (Å²) >= 11 is 0. The van der Waals surface area contributed by atoms with Gasteiger partial charge in [0, 0.05) is 12.1 Å². The largest absolute Gasteiger partial charge is 0.485 e. The van der Waals surface area contributed by atoms with Gasteiger partial charge in [0.1, 0.15) is 29.6 Å². The first-order valence-electron chi connectivity index (χ1n) is 10.5. The van der Waals surface area contributed by atoms with E-state index in [0.717, 1.165) is 16.9 Å². The summed E-state index contributed by atoms with van der Waals surface area (Å²) in [5.41, 5.74) is 1.96. The minimum atomic E-state index is -0.552. The molecule has 0 atom stereocenters. The number of furan rings is 1. The first-order chi connectivity index (χ1) is 16.4. The van der Waals surface area contributed by atoms with Gasteiger partial charge in [-0.1, -0.05) is 30.3 Å². The molecule has 0 radical (unpaired) electrons. The molecule has 172 valence electrons. The predicted molar refractivity (Wildman–Crippen MR) is 127 cm³/mol. The summed E-state index contributed by atoms with van der Waals surface area (Å²) in [5, 5.41) is 14.0. The van der Waals surface area contributed by atoms with Crippen LogP contribution in [0, 0.1) is 24.0 Å². The molecule has 4 aromatic rings. The number of aryl methyl sites for hydroxylation is 2. The molecule has 3 aromatic carbocycles. The van der Waals surface area contributed by atoms with Crippen LogP contribution in [0.1, 0.15) is 27.4 Å². The smallest absolute Gasteiger partial charge is 0.291 e. The Bertz CT molecular complexity index is 1340. The molecule has 8 nitrogen and oxygen atoms in total. The second-order valence-electron chi connectivity index (χ2n) is 7.67. The molecule has 0 unspecified atom stereocenters. The average Bonchev–Trinajstić information content (AvgIpc) is 3.28. The van der Waals surface area contributed by atoms with E-state index in [1.807, 2.05) is 50.2 Å². The molecule has 0 fully saturated rings. The number of ether oxygens (including phenoxy) is 2. The fourth-order valence-electron chi connectivity index (χ4n) is 3.27. The van der Waals surface area contributed by atoms with E-state index < -0.39 is 10.8 Å². The van der Waals surface area contributed by atoms with Gasteiger partial charge in [0.2, 0.25) is 0 Å². The molecule has 1 amide bonds. The number of nitrogens with one attached hydrogen (secondary N) is 1. The highest BCUT2D eigenvalue weighted by Gasteiger charge is 2.16. The van der Waals surface area contributed by atoms with Crippen LogP contribution in [0.5, 0.6) is 17.2 Å². The molecule has 34 heavy (non-hydrogen) atoms. The van der Waals surface area contributed by atoms with E-state index >= 15 is 0 Å². The molecule has 4 rings (SSSR count). The van der Waals surface area contributed by atoms with E-state index in [-0.39, 0.29) is 29.5 Å². The zero-order chi connectivity index (χ0) is 24.1. The summed E-state index contributed by atoms with van der Waals surface area (Å²) in [7, 11) is 0. The molecule has 0 aliphatic carbocycles. The molecular weight excluding hydrogens is 436 g/mol. The van der Waals surface area contributed by atoms with Crippen molar-refractivity contribution in [1.82, 2.24) is 0 Å². The number of non-ortho nitro benzene ring substituents is 1. The van der Waals surface area contributed by atoms with Gasteiger partial charge < -0.3 is 19.2 Å². The summed E-state index contributed by atoms with van der Waals surface area (Å²) in [6, 6.07) is 22.1. The molecule has 0 spiro atoms. The van der Waals surface area contributed by atoms with Gasteiger partial charge in [-0.3, -0.25) is 14.9 Å². The predicted octanol–water partition coefficient (Wildman–Crippen LogP) is 6.43. The van der Waals surface area contributed by atoms with Crippen molar-refractivity contribution in [3.63, 3.8) is 0 Å². The third-order valence-corrected chi connectivity index (χ3v) is 4.93. The summed E-state index contributed by atoms with van der Waals surface area (Å²) in [6.45, 7) is 4.01. The van der Waals surface area contributed by atoms with Crippen molar-refractivity contribution >= 4 is 17.3 Å². The maximum atomic E-state index is 12.7. The second-order valence-corrected chi connectivity index (χ2v) is 7.67. The molecule has 8 heteroatoms. The summed E-state index contributed by atoms with van der Waals surface area (Å²) < 4.78 is 17.1. The Morgan fingerprint density at radius 3 is 2.56 bits per heavy atom. The summed E-state index contributed by atoms with van der Waals surface area (Å²) in [4.78, 5) is 23.5. The van der Waals surface area contributed by atoms with Crippen molar-refractivity contribution in [2.75, 3.05) is 5.32 Å². The van der Waals surface area contributed by atoms with E-state index in [1.165, 1.54) is 24.3 Å². The lowest BCUT2D eigenvalue weighted by molar-refractivity contribution is -0.384. The van der Waals surface area contributed by atoms with Crippen LogP contribution in [0.15, 0.2) is 83.3 Å². The van der Waals surface area contributed by atoms with Crippen LogP contribution >= 0.6 is 0 Å². The quantitative estimate of drug-likeness (QED) is 0.241. The van der Waals surface area contributed by atoms with Gasteiger partial charge in [0.05, 0.1) is 16.7 Å². The average molecular weight is 458 g/mol. The molecule has 0 aliphatic rings. The second kappa shape index (κ2) is 9.91. The van der Waals surface area contributed by atoms with Crippen molar-refractivity contribution in [2.24, 2.45) is 0 Å². The van der Waals surface area contributed by atoms with Gasteiger partial charge in [0.25, 0.3) is 11.6 Å². The molecule has 0 aliphatic heterocycles. The van der Waals surface area contributed by atoms with Gasteiger partial charge in [-0.15, -0.1) is 0 Å². The number of amides is 1. The van der Waals surface area contributed by atoms with Crippen molar-refractivity contribution in [2.45, 2.75) is 20.5 Å². The Morgan fingerprint density at radius 2 is 1.79 bits per heavy atom. The van der Waals surface area contributed by atoms with Crippen LogP contribution in [0.4, 0.5) is 11.4 Å². The third-order valence-electron chi connectivity index (χ3n) is 4.93. The van der Waals surface area contributed by atoms with Crippen LogP contribution in [-0.4, -0.2) is 10.8 Å². The van der Waals surface area contributed by atoms with E-state index in [9.17, 15) is 14.9 Å². The number of benzene rings is 3. The monoisotopic (exact) mass is 458 g/mol. The normalized spacial score (nSPS) is 10.5. The molecule has 0 bridgehead atoms. The Hall–Kier alpha value is -4.59. The lowest BCUT2D eigenvalue weighted by Crippen LogP contribution is -2.11. The highest BCUT2D eigenvalue weighted by Crippen LogP contribution is 2.30. The highest BCUT2D eigenvalue weighted by molar-refractivity contribution is 6.02. The van der Waals surface area contributed by atoms with Crippen LogP contribution in [0.3, 0.4) is 0 Å². The number of rotatable bonds is 8. The number of carbonyl (C=O) groups is 1. The molecular formula is C26H22N2O6. The van der Waals surface area contributed by atoms with Gasteiger partial charge in [-0.2, -0.15) is 0 Å². The molecule has 0 saturated carbocycles. The summed E-state index contributed by atoms with van der Waals surface area (Å²) in [5.74, 6) is 1.45. The summed E-state index contributed by atoms with van der Waals surface area (Å²) in [6.07, 6.45) is 0. The van der Waals surface area contributed by atoms with Crippen molar-refractivity contribution in [3.05, 3.63) is 112 Å². The SMILES string of the molecule is Cc1cccc(Oc2cc(NC(=O)c3ccc(COc4ccccc4C)o3)cc([N+](=O)[O-])c2)c1. The minimum absolute atomic E-state index is 0.0519. The number of carbonyl (C=O) groups excluding carboxylic acids is 1. The van der Waals surface area contributed by atoms with Gasteiger partial charge in [-0.25, -0.2) is 0 Å². The van der Waals surface area contributed by atoms with E-state index in [1.54, 1.807) is 18.2 Å². The van der Waals surface area contributed by atoms with Gasteiger partial charge in [0.15, 0.2) is 5.76 Å². The Morgan fingerprint density at radius 1 is 0.971 bits per heavy atom. The zero-order valence-corrected chi connectivity index (χ0v) is 18.6. The number of nitro benzene ring substituents is 1. The third kappa shape index (κ3) is 5.60. The number of nitrogens with zero attached hydrogens (tertiary/aromatic N) is 1. The van der Waals surface area contributed by atoms with Crippen molar-refractivity contribution in [3.8, 4) is 17.2 Å². The maximum Gasteiger partial charge on any atom is 0.291 e. The van der Waals surface area contributed by atoms with Crippen LogP contribution < -0.4 is 14.8 Å². The number of para-hydroxylation sites is 1. The first-order valence-corrected chi connectivity index (χ1v) is 10.5. The van der Waals surface area contributed by atoms with Crippen molar-refractivity contribution < 1.29 is 23.6 Å². The van der Waals surface area contributed by atoms with Crippen LogP contribution in [0.2, 0.25) is 0 Å². The standard InChI is InChI=1S/C26H22N2O6/c1-17-6-5-8-21(12-17)33-23-14-19(13-20(15-23)28(30)31)27-26(29)25-11-10-22(34-25)16-32-24-9-4-3-7-18(24)2/h3-15H,16H2,1-2H3,(H,27,29). The number of hydrogen-bond acceptors (Lipinski definition) is 6. The van der Waals surface area contributed by atoms with E-state index in [4.69, 9.17) is 13.9 Å². The lowest BCUT2D eigenvalue weighted by Gasteiger charge is -2.09. The highest BCUT2D eigenvalue weighted by atomic mass is 16.6. The Balaban J connectivity index is 1.47. The van der Waals surface area contributed by atoms with E-state index in [2.05, 4.69) is 5.32 Å². The topological polar surface area (TPSA) is 104 Å². The lowest BCUT2D eigenvalue weighted by atomic mass is 10.2.